The molecule has 0 aliphatic heterocycles. The van der Waals surface area contributed by atoms with Crippen LogP contribution in [0.1, 0.15) is 37.6 Å². The fourth-order valence-corrected chi connectivity index (χ4v) is 1.10. The highest BCUT2D eigenvalue weighted by atomic mass is 16.5. The molecule has 0 atom stereocenters. The first-order valence-corrected chi connectivity index (χ1v) is 5.65. The van der Waals surface area contributed by atoms with Crippen molar-refractivity contribution in [1.82, 2.24) is 0 Å². The van der Waals surface area contributed by atoms with Gasteiger partial charge >= 0.3 is 0 Å². The van der Waals surface area contributed by atoms with Gasteiger partial charge in [0, 0.05) is 12.0 Å². The van der Waals surface area contributed by atoms with Gasteiger partial charge in [-0.25, -0.2) is 0 Å². The van der Waals surface area contributed by atoms with Crippen molar-refractivity contribution in [1.29, 1.82) is 0 Å². The van der Waals surface area contributed by atoms with Gasteiger partial charge in [-0.15, -0.1) is 0 Å². The predicted octanol–water partition coefficient (Wildman–Crippen LogP) is 3.87. The van der Waals surface area contributed by atoms with Crippen LogP contribution in [0.25, 0.3) is 0 Å². The van der Waals surface area contributed by atoms with Gasteiger partial charge < -0.3 is 4.74 Å². The first-order chi connectivity index (χ1) is 7.77. The van der Waals surface area contributed by atoms with Gasteiger partial charge in [-0.05, 0) is 24.3 Å². The van der Waals surface area contributed by atoms with E-state index in [4.69, 9.17) is 4.74 Å². The molecule has 2 nitrogen and oxygen atoms in total. The fourth-order valence-electron chi connectivity index (χ4n) is 1.10. The normalized spacial score (nSPS) is 8.69. The lowest BCUT2D eigenvalue weighted by atomic mass is 10.1. The quantitative estimate of drug-likeness (QED) is 0.556. The molecular weight excluding hydrogens is 200 g/mol. The molecule has 0 spiro atoms. The van der Waals surface area contributed by atoms with Crippen molar-refractivity contribution in [3.63, 3.8) is 0 Å². The average molecular weight is 220 g/mol. The minimum Gasteiger partial charge on any atom is -0.490 e. The lowest BCUT2D eigenvalue weighted by molar-refractivity contribution is 0.0988. The van der Waals surface area contributed by atoms with Crippen LogP contribution in [-0.4, -0.2) is 12.4 Å². The van der Waals surface area contributed by atoms with Gasteiger partial charge in [-0.2, -0.15) is 0 Å². The highest BCUT2D eigenvalue weighted by molar-refractivity contribution is 5.95. The molecule has 0 radical (unpaired) electrons. The van der Waals surface area contributed by atoms with Crippen LogP contribution in [0.15, 0.2) is 36.9 Å². The zero-order chi connectivity index (χ0) is 12.4. The Morgan fingerprint density at radius 3 is 2.31 bits per heavy atom. The Kier molecular flexibility index (Phi) is 7.86. The van der Waals surface area contributed by atoms with Crippen molar-refractivity contribution in [3.8, 4) is 5.75 Å². The largest absolute Gasteiger partial charge is 0.490 e. The molecule has 0 aliphatic rings. The van der Waals surface area contributed by atoms with Crippen LogP contribution in [0.3, 0.4) is 0 Å². The Bertz CT molecular complexity index is 312. The molecule has 0 heterocycles. The predicted molar refractivity (Wildman–Crippen MR) is 68.1 cm³/mol. The lowest BCUT2D eigenvalue weighted by Crippen LogP contribution is -1.97. The monoisotopic (exact) mass is 220 g/mol. The van der Waals surface area contributed by atoms with Gasteiger partial charge in [0.2, 0.25) is 0 Å². The molecule has 16 heavy (non-hydrogen) atoms. The molecule has 0 unspecified atom stereocenters. The van der Waals surface area contributed by atoms with E-state index < -0.39 is 0 Å². The van der Waals surface area contributed by atoms with Gasteiger partial charge in [-0.1, -0.05) is 33.4 Å². The molecule has 0 amide bonds. The summed E-state index contributed by atoms with van der Waals surface area (Å²) in [7, 11) is 0. The van der Waals surface area contributed by atoms with Gasteiger partial charge in [-0.3, -0.25) is 4.79 Å². The second kappa shape index (κ2) is 8.72. The molecule has 0 aliphatic carbocycles. The van der Waals surface area contributed by atoms with Crippen LogP contribution in [0.5, 0.6) is 5.75 Å². The number of hydrogen-bond acceptors (Lipinski definition) is 2. The maximum atomic E-state index is 11.3. The number of rotatable bonds is 5. The molecular formula is C14H20O2. The first-order valence-electron chi connectivity index (χ1n) is 5.65. The third-order valence-corrected chi connectivity index (χ3v) is 1.87. The number of ether oxygens (including phenoxy) is 1. The van der Waals surface area contributed by atoms with Crippen LogP contribution in [-0.2, 0) is 0 Å². The molecule has 1 aromatic rings. The van der Waals surface area contributed by atoms with Crippen molar-refractivity contribution < 1.29 is 9.53 Å². The Morgan fingerprint density at radius 1 is 1.31 bits per heavy atom. The van der Waals surface area contributed by atoms with Gasteiger partial charge in [0.15, 0.2) is 5.78 Å². The van der Waals surface area contributed by atoms with E-state index in [9.17, 15) is 4.79 Å². The van der Waals surface area contributed by atoms with E-state index in [-0.39, 0.29) is 5.78 Å². The number of ketones is 1. The summed E-state index contributed by atoms with van der Waals surface area (Å²) in [5, 5.41) is 0. The smallest absolute Gasteiger partial charge is 0.162 e. The van der Waals surface area contributed by atoms with Crippen LogP contribution >= 0.6 is 0 Å². The van der Waals surface area contributed by atoms with Gasteiger partial charge in [0.25, 0.3) is 0 Å². The Balaban J connectivity index is 0.00000106. The van der Waals surface area contributed by atoms with Crippen molar-refractivity contribution in [2.45, 2.75) is 27.2 Å². The van der Waals surface area contributed by atoms with Gasteiger partial charge in [0.05, 0.1) is 0 Å². The topological polar surface area (TPSA) is 26.3 Å². The maximum Gasteiger partial charge on any atom is 0.162 e. The van der Waals surface area contributed by atoms with Crippen molar-refractivity contribution >= 4 is 5.78 Å². The number of carbonyl (C=O) groups is 1. The number of Topliss-reactive ketones (excluding diaryl/α,β-unsaturated/α-hetero) is 1. The Labute approximate surface area is 97.9 Å². The third-order valence-electron chi connectivity index (χ3n) is 1.87. The highest BCUT2D eigenvalue weighted by Gasteiger charge is 2.01. The summed E-state index contributed by atoms with van der Waals surface area (Å²) in [5.74, 6) is 0.915. The lowest BCUT2D eigenvalue weighted by Gasteiger charge is -2.03. The van der Waals surface area contributed by atoms with Crippen LogP contribution in [0.4, 0.5) is 0 Å². The van der Waals surface area contributed by atoms with Crippen LogP contribution in [0, 0.1) is 0 Å². The summed E-state index contributed by atoms with van der Waals surface area (Å²) in [6.07, 6.45) is 2.22. The summed E-state index contributed by atoms with van der Waals surface area (Å²) < 4.78 is 5.29. The first kappa shape index (κ1) is 14.4. The van der Waals surface area contributed by atoms with Crippen molar-refractivity contribution in [2.24, 2.45) is 0 Å². The number of hydrogen-bond donors (Lipinski definition) is 0. The van der Waals surface area contributed by atoms with E-state index >= 15 is 0 Å². The maximum absolute atomic E-state index is 11.3. The molecule has 0 saturated carbocycles. The van der Waals surface area contributed by atoms with E-state index in [1.54, 1.807) is 30.3 Å². The average Bonchev–Trinajstić information content (AvgIpc) is 2.38. The standard InChI is InChI=1S/C12H14O2.C2H6/c1-3-9-14-11-7-5-10(6-8-11)12(13)4-2;1-2/h3,5-8H,1,4,9H2,2H3;1-2H3. The number of carbonyl (C=O) groups excluding carboxylic acids is 1. The summed E-state index contributed by atoms with van der Waals surface area (Å²) in [4.78, 5) is 11.3. The summed E-state index contributed by atoms with van der Waals surface area (Å²) in [5.41, 5.74) is 0.735. The highest BCUT2D eigenvalue weighted by Crippen LogP contribution is 2.13. The second-order valence-corrected chi connectivity index (χ2v) is 2.90. The van der Waals surface area contributed by atoms with Crippen molar-refractivity contribution in [3.05, 3.63) is 42.5 Å². The molecule has 88 valence electrons. The Morgan fingerprint density at radius 2 is 1.88 bits per heavy atom. The van der Waals surface area contributed by atoms with E-state index in [1.165, 1.54) is 0 Å². The fraction of sp³-hybridized carbons (Fsp3) is 0.357. The van der Waals surface area contributed by atoms with Gasteiger partial charge in [0.1, 0.15) is 12.4 Å². The third kappa shape index (κ3) is 4.78. The Hall–Kier alpha value is -1.57. The molecule has 0 N–H and O–H groups in total. The molecule has 0 fully saturated rings. The van der Waals surface area contributed by atoms with Crippen molar-refractivity contribution in [2.75, 3.05) is 6.61 Å². The molecule has 0 bridgehead atoms. The van der Waals surface area contributed by atoms with E-state index in [0.29, 0.717) is 13.0 Å². The van der Waals surface area contributed by atoms with Crippen LogP contribution < -0.4 is 4.74 Å². The molecule has 1 rings (SSSR count). The minimum absolute atomic E-state index is 0.153. The molecule has 2 heteroatoms. The molecule has 0 saturated heterocycles. The molecule has 1 aromatic carbocycles. The van der Waals surface area contributed by atoms with E-state index in [0.717, 1.165) is 11.3 Å². The van der Waals surface area contributed by atoms with E-state index in [2.05, 4.69) is 6.58 Å². The zero-order valence-corrected chi connectivity index (χ0v) is 10.3. The zero-order valence-electron chi connectivity index (χ0n) is 10.3. The summed E-state index contributed by atoms with van der Waals surface area (Å²) in [6.45, 7) is 9.89. The summed E-state index contributed by atoms with van der Waals surface area (Å²) in [6, 6.07) is 7.16. The van der Waals surface area contributed by atoms with Crippen LogP contribution in [0.2, 0.25) is 0 Å². The second-order valence-electron chi connectivity index (χ2n) is 2.90. The number of benzene rings is 1. The summed E-state index contributed by atoms with van der Waals surface area (Å²) >= 11 is 0. The SMILES string of the molecule is C=CCOc1ccc(C(=O)CC)cc1.CC. The minimum atomic E-state index is 0.153. The molecule has 0 aromatic heterocycles. The van der Waals surface area contributed by atoms with E-state index in [1.807, 2.05) is 20.8 Å².